The van der Waals surface area contributed by atoms with Crippen LogP contribution in [0.25, 0.3) is 0 Å². The fraction of sp³-hybridized carbons (Fsp3) is 0.688. The van der Waals surface area contributed by atoms with Crippen LogP contribution in [0.3, 0.4) is 0 Å². The third kappa shape index (κ3) is 1.73. The summed E-state index contributed by atoms with van der Waals surface area (Å²) >= 11 is 0. The number of aryl methyl sites for hydroxylation is 3. The van der Waals surface area contributed by atoms with Crippen molar-refractivity contribution in [1.82, 2.24) is 4.98 Å². The smallest absolute Gasteiger partial charge is 0.0617 e. The number of rotatable bonds is 1. The molecule has 3 aliphatic rings. The zero-order chi connectivity index (χ0) is 12.9. The Bertz CT molecular complexity index is 433. The van der Waals surface area contributed by atoms with E-state index in [2.05, 4.69) is 43.6 Å². The second kappa shape index (κ2) is 4.25. The van der Waals surface area contributed by atoms with Gasteiger partial charge >= 0.3 is 0 Å². The van der Waals surface area contributed by atoms with Gasteiger partial charge in [0.15, 0.2) is 0 Å². The summed E-state index contributed by atoms with van der Waals surface area (Å²) in [5, 5.41) is 0. The molecule has 1 aromatic heterocycles. The van der Waals surface area contributed by atoms with E-state index in [1.54, 1.807) is 0 Å². The van der Waals surface area contributed by atoms with Crippen molar-refractivity contribution in [3.05, 3.63) is 23.0 Å². The molecule has 3 fully saturated rings. The second-order valence-electron chi connectivity index (χ2n) is 6.23. The Labute approximate surface area is 110 Å². The van der Waals surface area contributed by atoms with Crippen molar-refractivity contribution in [2.24, 2.45) is 5.92 Å². The number of hydrogen-bond acceptors (Lipinski definition) is 2. The van der Waals surface area contributed by atoms with E-state index in [0.717, 1.165) is 17.7 Å². The molecule has 0 unspecified atom stereocenters. The standard InChI is InChI=1S/C16H24N2/c1-10-9-11(2)17-12(3)16(10)18-13(4)14-5-7-15(18)8-6-14/h9,13-15H,5-8H2,1-4H3/t13-,14?,15?/m0/s1. The molecule has 18 heavy (non-hydrogen) atoms. The van der Waals surface area contributed by atoms with E-state index in [1.165, 1.54) is 42.6 Å². The topological polar surface area (TPSA) is 16.1 Å². The van der Waals surface area contributed by atoms with Crippen molar-refractivity contribution in [3.8, 4) is 0 Å². The SMILES string of the molecule is Cc1cc(C)c(N2C3CCC(CC3)[C@@H]2C)c(C)n1. The number of anilines is 1. The van der Waals surface area contributed by atoms with E-state index >= 15 is 0 Å². The fourth-order valence-electron chi connectivity index (χ4n) is 4.22. The van der Waals surface area contributed by atoms with E-state index < -0.39 is 0 Å². The highest BCUT2D eigenvalue weighted by Crippen LogP contribution is 2.43. The molecule has 1 aromatic rings. The Morgan fingerprint density at radius 3 is 2.33 bits per heavy atom. The maximum absolute atomic E-state index is 4.69. The van der Waals surface area contributed by atoms with Gasteiger partial charge in [0.2, 0.25) is 0 Å². The van der Waals surface area contributed by atoms with Crippen LogP contribution in [0.4, 0.5) is 5.69 Å². The van der Waals surface area contributed by atoms with E-state index in [1.807, 2.05) is 0 Å². The lowest BCUT2D eigenvalue weighted by atomic mass is 9.74. The number of fused-ring (bicyclic) bond motifs is 3. The summed E-state index contributed by atoms with van der Waals surface area (Å²) < 4.78 is 0. The van der Waals surface area contributed by atoms with E-state index in [-0.39, 0.29) is 0 Å². The van der Waals surface area contributed by atoms with Crippen LogP contribution in [0, 0.1) is 26.7 Å². The van der Waals surface area contributed by atoms with Crippen molar-refractivity contribution in [2.45, 2.75) is 65.5 Å². The fourth-order valence-corrected chi connectivity index (χ4v) is 4.22. The molecule has 0 spiro atoms. The van der Waals surface area contributed by atoms with Crippen molar-refractivity contribution in [2.75, 3.05) is 4.90 Å². The molecule has 2 heteroatoms. The summed E-state index contributed by atoms with van der Waals surface area (Å²) in [5.41, 5.74) is 5.18. The maximum Gasteiger partial charge on any atom is 0.0617 e. The highest BCUT2D eigenvalue weighted by Gasteiger charge is 2.40. The first-order chi connectivity index (χ1) is 8.58. The molecule has 2 bridgehead atoms. The molecule has 0 N–H and O–H groups in total. The molecule has 2 saturated heterocycles. The second-order valence-corrected chi connectivity index (χ2v) is 6.23. The highest BCUT2D eigenvalue weighted by molar-refractivity contribution is 5.59. The lowest BCUT2D eigenvalue weighted by Crippen LogP contribution is -2.54. The molecule has 0 amide bonds. The number of piperidine rings is 2. The monoisotopic (exact) mass is 244 g/mol. The van der Waals surface area contributed by atoms with Gasteiger partial charge in [-0.25, -0.2) is 0 Å². The van der Waals surface area contributed by atoms with Gasteiger partial charge in [0.05, 0.1) is 11.4 Å². The van der Waals surface area contributed by atoms with Gasteiger partial charge < -0.3 is 4.90 Å². The van der Waals surface area contributed by atoms with Crippen LogP contribution in [0.15, 0.2) is 6.07 Å². The summed E-state index contributed by atoms with van der Waals surface area (Å²) in [4.78, 5) is 7.38. The molecule has 3 heterocycles. The first-order valence-electron chi connectivity index (χ1n) is 7.31. The van der Waals surface area contributed by atoms with E-state index in [0.29, 0.717) is 6.04 Å². The Kier molecular flexibility index (Phi) is 2.84. The van der Waals surface area contributed by atoms with Crippen molar-refractivity contribution < 1.29 is 0 Å². The van der Waals surface area contributed by atoms with Crippen molar-refractivity contribution in [1.29, 1.82) is 0 Å². The number of nitrogens with zero attached hydrogens (tertiary/aromatic N) is 2. The van der Waals surface area contributed by atoms with Gasteiger partial charge in [0.25, 0.3) is 0 Å². The Balaban J connectivity index is 2.04. The minimum atomic E-state index is 0.694. The van der Waals surface area contributed by atoms with Crippen LogP contribution < -0.4 is 4.90 Å². The van der Waals surface area contributed by atoms with Gasteiger partial charge in [0, 0.05) is 17.8 Å². The normalized spacial score (nSPS) is 30.9. The molecular weight excluding hydrogens is 220 g/mol. The van der Waals surface area contributed by atoms with Crippen molar-refractivity contribution >= 4 is 5.69 Å². The molecule has 0 aromatic carbocycles. The van der Waals surface area contributed by atoms with Gasteiger partial charge in [-0.1, -0.05) is 0 Å². The first kappa shape index (κ1) is 12.0. The molecule has 2 nitrogen and oxygen atoms in total. The average molecular weight is 244 g/mol. The summed E-state index contributed by atoms with van der Waals surface area (Å²) in [6, 6.07) is 3.68. The Morgan fingerprint density at radius 2 is 1.78 bits per heavy atom. The van der Waals surface area contributed by atoms with E-state index in [9.17, 15) is 0 Å². The predicted molar refractivity (Wildman–Crippen MR) is 76.1 cm³/mol. The molecule has 4 rings (SSSR count). The molecule has 98 valence electrons. The van der Waals surface area contributed by atoms with E-state index in [4.69, 9.17) is 0 Å². The van der Waals surface area contributed by atoms with Crippen LogP contribution >= 0.6 is 0 Å². The Hall–Kier alpha value is -1.05. The van der Waals surface area contributed by atoms with Crippen LogP contribution in [-0.2, 0) is 0 Å². The summed E-state index contributed by atoms with van der Waals surface area (Å²) in [6.45, 7) is 8.92. The highest BCUT2D eigenvalue weighted by atomic mass is 15.2. The maximum atomic E-state index is 4.69. The number of pyridine rings is 1. The van der Waals surface area contributed by atoms with Crippen molar-refractivity contribution in [3.63, 3.8) is 0 Å². The molecule has 1 atom stereocenters. The molecule has 0 radical (unpaired) electrons. The van der Waals surface area contributed by atoms with Crippen LogP contribution in [0.1, 0.15) is 49.6 Å². The van der Waals surface area contributed by atoms with Crippen LogP contribution in [-0.4, -0.2) is 17.1 Å². The molecule has 2 aliphatic heterocycles. The number of hydrogen-bond donors (Lipinski definition) is 0. The summed E-state index contributed by atoms with van der Waals surface area (Å²) in [6.07, 6.45) is 5.61. The molecule has 1 saturated carbocycles. The average Bonchev–Trinajstić information content (AvgIpc) is 2.32. The van der Waals surface area contributed by atoms with Gasteiger partial charge in [-0.2, -0.15) is 0 Å². The quantitative estimate of drug-likeness (QED) is 0.747. The summed E-state index contributed by atoms with van der Waals surface area (Å²) in [5.74, 6) is 0.898. The minimum Gasteiger partial charge on any atom is -0.364 e. The summed E-state index contributed by atoms with van der Waals surface area (Å²) in [7, 11) is 0. The zero-order valence-electron chi connectivity index (χ0n) is 12.0. The molecule has 1 aliphatic carbocycles. The lowest BCUT2D eigenvalue weighted by molar-refractivity contribution is 0.200. The lowest BCUT2D eigenvalue weighted by Gasteiger charge is -2.52. The van der Waals surface area contributed by atoms with Gasteiger partial charge in [-0.15, -0.1) is 0 Å². The first-order valence-corrected chi connectivity index (χ1v) is 7.31. The van der Waals surface area contributed by atoms with Gasteiger partial charge in [-0.3, -0.25) is 4.98 Å². The number of aromatic nitrogens is 1. The third-order valence-corrected chi connectivity index (χ3v) is 5.00. The van der Waals surface area contributed by atoms with Crippen LogP contribution in [0.2, 0.25) is 0 Å². The minimum absolute atomic E-state index is 0.694. The Morgan fingerprint density at radius 1 is 1.11 bits per heavy atom. The van der Waals surface area contributed by atoms with Gasteiger partial charge in [-0.05, 0) is 70.9 Å². The largest absolute Gasteiger partial charge is 0.364 e. The predicted octanol–water partition coefficient (Wildman–Crippen LogP) is 3.77. The third-order valence-electron chi connectivity index (χ3n) is 5.00. The van der Waals surface area contributed by atoms with Gasteiger partial charge in [0.1, 0.15) is 0 Å². The zero-order valence-corrected chi connectivity index (χ0v) is 12.0. The molecular formula is C16H24N2. The van der Waals surface area contributed by atoms with Crippen LogP contribution in [0.5, 0.6) is 0 Å².